The van der Waals surface area contributed by atoms with Gasteiger partial charge in [0.15, 0.2) is 5.78 Å². The second-order valence-corrected chi connectivity index (χ2v) is 8.30. The Morgan fingerprint density at radius 3 is 1.33 bits per heavy atom. The average molecular weight is 475 g/mol. The maximum Gasteiger partial charge on any atom is 0.338 e. The van der Waals surface area contributed by atoms with E-state index in [4.69, 9.17) is 9.47 Å². The molecule has 5 rings (SSSR count). The molecule has 5 nitrogen and oxygen atoms in total. The van der Waals surface area contributed by atoms with E-state index in [1.807, 2.05) is 72.8 Å². The van der Waals surface area contributed by atoms with Crippen molar-refractivity contribution in [2.75, 3.05) is 14.2 Å². The number of rotatable bonds is 4. The Labute approximate surface area is 208 Å². The summed E-state index contributed by atoms with van der Waals surface area (Å²) in [5.74, 6) is -0.998. The summed E-state index contributed by atoms with van der Waals surface area (Å²) >= 11 is 0. The molecule has 0 radical (unpaired) electrons. The molecular formula is C31H22O5. The molecule has 0 atom stereocenters. The van der Waals surface area contributed by atoms with E-state index in [1.54, 1.807) is 12.2 Å². The van der Waals surface area contributed by atoms with Crippen molar-refractivity contribution in [2.24, 2.45) is 0 Å². The summed E-state index contributed by atoms with van der Waals surface area (Å²) in [6.07, 6.45) is 6.54. The van der Waals surface area contributed by atoms with Gasteiger partial charge in [-0.1, -0.05) is 72.8 Å². The van der Waals surface area contributed by atoms with Crippen LogP contribution in [0.15, 0.2) is 103 Å². The van der Waals surface area contributed by atoms with Crippen molar-refractivity contribution in [3.63, 3.8) is 0 Å². The Morgan fingerprint density at radius 2 is 0.944 bits per heavy atom. The van der Waals surface area contributed by atoms with Crippen LogP contribution in [-0.2, 0) is 14.3 Å². The Kier molecular flexibility index (Phi) is 6.05. The Balaban J connectivity index is 1.89. The van der Waals surface area contributed by atoms with Gasteiger partial charge in [0.2, 0.25) is 0 Å². The standard InChI is InChI=1S/C31H22O5/c1-35-30(33)27-17-25(21-9-5-3-7-11-23(21)27)29(19-13-15-20(32)16-14-19)26-18-28(31(34)36-2)24-12-8-4-6-10-22(24)26/h3-18H,1-2H3. The number of hydrogen-bond acceptors (Lipinski definition) is 5. The van der Waals surface area contributed by atoms with E-state index in [0.29, 0.717) is 11.1 Å². The first kappa shape index (κ1) is 23.0. The molecule has 0 saturated heterocycles. The lowest BCUT2D eigenvalue weighted by Gasteiger charge is -2.14. The van der Waals surface area contributed by atoms with E-state index in [9.17, 15) is 14.4 Å². The predicted octanol–water partition coefficient (Wildman–Crippen LogP) is 5.97. The quantitative estimate of drug-likeness (QED) is 0.341. The van der Waals surface area contributed by atoms with Gasteiger partial charge in [0.05, 0.1) is 25.3 Å². The zero-order valence-electron chi connectivity index (χ0n) is 19.8. The van der Waals surface area contributed by atoms with Gasteiger partial charge in [0.25, 0.3) is 0 Å². The summed E-state index contributed by atoms with van der Waals surface area (Å²) in [6.45, 7) is 0. The van der Waals surface area contributed by atoms with Gasteiger partial charge in [-0.25, -0.2) is 9.59 Å². The third-order valence-electron chi connectivity index (χ3n) is 6.31. The molecule has 0 aliphatic heterocycles. The zero-order valence-corrected chi connectivity index (χ0v) is 19.8. The second kappa shape index (κ2) is 9.47. The van der Waals surface area contributed by atoms with Gasteiger partial charge in [0.1, 0.15) is 0 Å². The highest BCUT2D eigenvalue weighted by Gasteiger charge is 2.29. The van der Waals surface area contributed by atoms with Crippen LogP contribution < -0.4 is 0 Å². The highest BCUT2D eigenvalue weighted by Crippen LogP contribution is 2.45. The molecule has 0 fully saturated rings. The van der Waals surface area contributed by atoms with E-state index < -0.39 is 11.9 Å². The highest BCUT2D eigenvalue weighted by atomic mass is 16.5. The Hall–Kier alpha value is -4.77. The smallest absolute Gasteiger partial charge is 0.338 e. The van der Waals surface area contributed by atoms with Gasteiger partial charge in [0, 0.05) is 0 Å². The number of esters is 2. The van der Waals surface area contributed by atoms with Crippen molar-refractivity contribution >= 4 is 23.3 Å². The molecule has 176 valence electrons. The van der Waals surface area contributed by atoms with Crippen LogP contribution in [0.3, 0.4) is 0 Å². The zero-order chi connectivity index (χ0) is 25.2. The van der Waals surface area contributed by atoms with E-state index in [2.05, 4.69) is 0 Å². The Bertz CT molecular complexity index is 1440. The summed E-state index contributed by atoms with van der Waals surface area (Å²) in [5.41, 5.74) is 7.19. The highest BCUT2D eigenvalue weighted by molar-refractivity contribution is 6.10. The van der Waals surface area contributed by atoms with Crippen LogP contribution in [0.5, 0.6) is 0 Å². The summed E-state index contributed by atoms with van der Waals surface area (Å²) < 4.78 is 10.2. The minimum atomic E-state index is -0.444. The second-order valence-electron chi connectivity index (χ2n) is 8.30. The maximum absolute atomic E-state index is 12.7. The molecule has 5 aliphatic carbocycles. The first-order valence-electron chi connectivity index (χ1n) is 11.4. The van der Waals surface area contributed by atoms with E-state index in [-0.39, 0.29) is 5.78 Å². The molecule has 0 bridgehead atoms. The minimum Gasteiger partial charge on any atom is -0.465 e. The van der Waals surface area contributed by atoms with Gasteiger partial charge in [-0.2, -0.15) is 0 Å². The first-order chi connectivity index (χ1) is 17.5. The molecule has 0 spiro atoms. The van der Waals surface area contributed by atoms with Gasteiger partial charge in [-0.05, 0) is 68.8 Å². The van der Waals surface area contributed by atoms with Crippen LogP contribution in [0, 0.1) is 0 Å². The van der Waals surface area contributed by atoms with E-state index >= 15 is 0 Å². The summed E-state index contributed by atoms with van der Waals surface area (Å²) in [4.78, 5) is 37.4. The lowest BCUT2D eigenvalue weighted by atomic mass is 9.89. The van der Waals surface area contributed by atoms with Gasteiger partial charge >= 0.3 is 11.9 Å². The molecule has 0 amide bonds. The van der Waals surface area contributed by atoms with Crippen molar-refractivity contribution in [1.82, 2.24) is 0 Å². The molecule has 0 heterocycles. The number of carbonyl (C=O) groups is 3. The summed E-state index contributed by atoms with van der Waals surface area (Å²) in [7, 11) is 2.71. The third kappa shape index (κ3) is 3.91. The fourth-order valence-electron chi connectivity index (χ4n) is 4.68. The van der Waals surface area contributed by atoms with Gasteiger partial charge < -0.3 is 9.47 Å². The molecule has 0 N–H and O–H groups in total. The number of carbonyl (C=O) groups excluding carboxylic acids is 3. The Morgan fingerprint density at radius 1 is 0.556 bits per heavy atom. The summed E-state index contributed by atoms with van der Waals surface area (Å²) in [6, 6.07) is 22.6. The predicted molar refractivity (Wildman–Crippen MR) is 138 cm³/mol. The molecule has 36 heavy (non-hydrogen) atoms. The number of ether oxygens (including phenoxy) is 2. The topological polar surface area (TPSA) is 69.7 Å². The number of methoxy groups -OCH3 is 2. The number of allylic oxidation sites excluding steroid dienone is 5. The van der Waals surface area contributed by atoms with Crippen molar-refractivity contribution in [2.45, 2.75) is 0 Å². The monoisotopic (exact) mass is 474 g/mol. The molecule has 0 aromatic heterocycles. The van der Waals surface area contributed by atoms with Crippen molar-refractivity contribution < 1.29 is 23.9 Å². The normalized spacial score (nSPS) is 12.7. The molecule has 5 aliphatic rings. The van der Waals surface area contributed by atoms with Crippen molar-refractivity contribution in [3.05, 3.63) is 125 Å². The largest absolute Gasteiger partial charge is 0.465 e. The molecule has 5 heteroatoms. The van der Waals surface area contributed by atoms with Crippen LogP contribution in [0.1, 0.15) is 31.8 Å². The third-order valence-corrected chi connectivity index (χ3v) is 6.31. The van der Waals surface area contributed by atoms with Crippen LogP contribution in [0.4, 0.5) is 0 Å². The lowest BCUT2D eigenvalue weighted by Crippen LogP contribution is -2.00. The number of fused-ring (bicyclic) bond motifs is 2. The lowest BCUT2D eigenvalue weighted by molar-refractivity contribution is -0.110. The average Bonchev–Trinajstić information content (AvgIpc) is 3.18. The van der Waals surface area contributed by atoms with Gasteiger partial charge in [-0.15, -0.1) is 0 Å². The van der Waals surface area contributed by atoms with Crippen LogP contribution in [-0.4, -0.2) is 31.9 Å². The van der Waals surface area contributed by atoms with Crippen LogP contribution in [0.25, 0.3) is 27.8 Å². The van der Waals surface area contributed by atoms with E-state index in [0.717, 1.165) is 44.5 Å². The van der Waals surface area contributed by atoms with Crippen molar-refractivity contribution in [1.29, 1.82) is 0 Å². The number of hydrogen-bond donors (Lipinski definition) is 0. The van der Waals surface area contributed by atoms with Gasteiger partial charge in [-0.3, -0.25) is 4.79 Å². The van der Waals surface area contributed by atoms with Crippen molar-refractivity contribution in [3.8, 4) is 22.3 Å². The fourth-order valence-corrected chi connectivity index (χ4v) is 4.68. The molecule has 0 saturated carbocycles. The number of ketones is 1. The maximum atomic E-state index is 12.7. The minimum absolute atomic E-state index is 0.110. The van der Waals surface area contributed by atoms with Crippen LogP contribution in [0.2, 0.25) is 0 Å². The molecule has 0 aromatic rings. The summed E-state index contributed by atoms with van der Waals surface area (Å²) in [5, 5.41) is 0. The molecule has 0 unspecified atom stereocenters. The van der Waals surface area contributed by atoms with Crippen LogP contribution >= 0.6 is 0 Å². The van der Waals surface area contributed by atoms with E-state index in [1.165, 1.54) is 26.4 Å². The first-order valence-corrected chi connectivity index (χ1v) is 11.4. The molecular weight excluding hydrogens is 452 g/mol. The molecule has 0 aromatic carbocycles. The fraction of sp³-hybridized carbons (Fsp3) is 0.0645. The SMILES string of the molecule is COC(=O)c1cc(C(=C2C=CC(=O)C=C2)c2cc(C(=O)OC)c3cccccc2-3)c2cccccc1-2.